The number of likely N-dealkylation sites (N-methyl/N-ethyl adjacent to an activating group) is 1. The molecule has 0 saturated carbocycles. The Morgan fingerprint density at radius 2 is 2.07 bits per heavy atom. The Morgan fingerprint density at radius 1 is 1.20 bits per heavy atom. The molecule has 1 N–H and O–H groups in total. The number of hydrogen-bond donors (Lipinski definition) is 1. The smallest absolute Gasteiger partial charge is 0.318 e. The van der Waals surface area contributed by atoms with Gasteiger partial charge >= 0.3 is 6.01 Å². The Bertz CT molecular complexity index is 1360. The summed E-state index contributed by atoms with van der Waals surface area (Å²) in [4.78, 5) is 31.2. The summed E-state index contributed by atoms with van der Waals surface area (Å²) in [5.41, 5.74) is 4.55. The number of benzene rings is 1. The molecule has 1 aliphatic carbocycles. The number of piperazine rings is 1. The monoisotopic (exact) mass is 557 g/mol. The average Bonchev–Trinajstić information content (AvgIpc) is 3.60. The van der Waals surface area contributed by atoms with Gasteiger partial charge in [0.25, 0.3) is 0 Å². The summed E-state index contributed by atoms with van der Waals surface area (Å²) in [6.45, 7) is 7.87. The number of anilines is 2. The highest BCUT2D eigenvalue weighted by Crippen LogP contribution is 2.38. The average molecular weight is 558 g/mol. The van der Waals surface area contributed by atoms with Crippen molar-refractivity contribution in [2.45, 2.75) is 63.1 Å². The van der Waals surface area contributed by atoms with Gasteiger partial charge in [-0.05, 0) is 63.4 Å². The fourth-order valence-electron chi connectivity index (χ4n) is 7.02. The zero-order valence-corrected chi connectivity index (χ0v) is 23.8. The number of nitrogens with zero attached hydrogens (tertiary/aromatic N) is 7. The number of carbonyl (C=O) groups excluding carboxylic acids is 1. The van der Waals surface area contributed by atoms with Gasteiger partial charge in [0, 0.05) is 62.0 Å². The lowest BCUT2D eigenvalue weighted by Crippen LogP contribution is -2.55. The lowest BCUT2D eigenvalue weighted by Gasteiger charge is -2.42. The first-order chi connectivity index (χ1) is 19.9. The highest BCUT2D eigenvalue weighted by Gasteiger charge is 2.36. The van der Waals surface area contributed by atoms with Gasteiger partial charge in [0.1, 0.15) is 18.2 Å². The van der Waals surface area contributed by atoms with Crippen LogP contribution in [0.2, 0.25) is 0 Å². The Balaban J connectivity index is 1.29. The van der Waals surface area contributed by atoms with Crippen LogP contribution < -0.4 is 14.5 Å². The molecule has 3 aliphatic heterocycles. The molecule has 1 aromatic heterocycles. The van der Waals surface area contributed by atoms with E-state index < -0.39 is 0 Å². The van der Waals surface area contributed by atoms with Crippen molar-refractivity contribution in [2.24, 2.45) is 0 Å². The third-order valence-electron chi connectivity index (χ3n) is 9.29. The largest absolute Gasteiger partial charge is 0.508 e. The molecular formula is C31H39N7O3. The van der Waals surface area contributed by atoms with Crippen molar-refractivity contribution >= 4 is 17.4 Å². The van der Waals surface area contributed by atoms with Gasteiger partial charge in [-0.25, -0.2) is 0 Å². The number of phenols is 1. The summed E-state index contributed by atoms with van der Waals surface area (Å²) in [6, 6.07) is 8.74. The number of likely N-dealkylation sites (tertiary alicyclic amines) is 1. The number of fused-ring (bicyclic) bond motifs is 2. The van der Waals surface area contributed by atoms with Crippen LogP contribution in [-0.2, 0) is 24.1 Å². The summed E-state index contributed by atoms with van der Waals surface area (Å²) in [5, 5.41) is 19.7. The second kappa shape index (κ2) is 11.6. The third kappa shape index (κ3) is 5.43. The fourth-order valence-corrected chi connectivity index (χ4v) is 7.02. The van der Waals surface area contributed by atoms with Crippen molar-refractivity contribution in [2.75, 3.05) is 56.2 Å². The van der Waals surface area contributed by atoms with Gasteiger partial charge in [0.2, 0.25) is 5.91 Å². The van der Waals surface area contributed by atoms with Crippen molar-refractivity contribution in [3.05, 3.63) is 47.7 Å². The highest BCUT2D eigenvalue weighted by molar-refractivity contribution is 5.87. The van der Waals surface area contributed by atoms with E-state index in [2.05, 4.69) is 34.4 Å². The first-order valence-corrected chi connectivity index (χ1v) is 14.8. The molecule has 6 rings (SSSR count). The molecule has 10 heteroatoms. The minimum Gasteiger partial charge on any atom is -0.508 e. The molecule has 1 aromatic carbocycles. The first kappa shape index (κ1) is 27.3. The van der Waals surface area contributed by atoms with Crippen LogP contribution in [0.15, 0.2) is 30.9 Å². The summed E-state index contributed by atoms with van der Waals surface area (Å²) < 4.78 is 6.27. The number of rotatable bonds is 7. The molecule has 0 spiro atoms. The van der Waals surface area contributed by atoms with Crippen LogP contribution in [0, 0.1) is 11.3 Å². The van der Waals surface area contributed by atoms with E-state index in [9.17, 15) is 15.2 Å². The van der Waals surface area contributed by atoms with E-state index in [1.54, 1.807) is 11.0 Å². The van der Waals surface area contributed by atoms with Gasteiger partial charge in [-0.3, -0.25) is 4.79 Å². The second-order valence-corrected chi connectivity index (χ2v) is 11.7. The van der Waals surface area contributed by atoms with Crippen LogP contribution in [-0.4, -0.2) is 95.3 Å². The molecular weight excluding hydrogens is 518 g/mol. The Labute approximate surface area is 241 Å². The number of carbonyl (C=O) groups is 1. The summed E-state index contributed by atoms with van der Waals surface area (Å²) in [6.07, 6.45) is 7.40. The zero-order valence-electron chi connectivity index (χ0n) is 23.8. The quantitative estimate of drug-likeness (QED) is 0.514. The van der Waals surface area contributed by atoms with Crippen LogP contribution in [0.1, 0.15) is 42.5 Å². The van der Waals surface area contributed by atoms with Crippen LogP contribution in [0.25, 0.3) is 0 Å². The van der Waals surface area contributed by atoms with Crippen LogP contribution in [0.5, 0.6) is 11.8 Å². The van der Waals surface area contributed by atoms with E-state index in [0.29, 0.717) is 44.0 Å². The van der Waals surface area contributed by atoms with Gasteiger partial charge in [-0.1, -0.05) is 12.6 Å². The third-order valence-corrected chi connectivity index (χ3v) is 9.29. The van der Waals surface area contributed by atoms with E-state index in [0.717, 1.165) is 68.0 Å². The SMILES string of the molecule is C=CC(=O)N1CCN(c2nc(OC[C@@H]3CCCN3C)nc3c2CC[C@H](N2CCc4ccc(O)cc42)C3)C[C@@H]1CC#N. The van der Waals surface area contributed by atoms with Crippen LogP contribution in [0.4, 0.5) is 11.5 Å². The topological polar surface area (TPSA) is 109 Å². The second-order valence-electron chi connectivity index (χ2n) is 11.7. The lowest BCUT2D eigenvalue weighted by molar-refractivity contribution is -0.128. The zero-order chi connectivity index (χ0) is 28.5. The maximum atomic E-state index is 12.5. The van der Waals surface area contributed by atoms with Gasteiger partial charge in [0.05, 0.1) is 24.2 Å². The number of aromatic nitrogens is 2. The fraction of sp³-hybridized carbons (Fsp3) is 0.548. The number of nitriles is 1. The van der Waals surface area contributed by atoms with E-state index in [-0.39, 0.29) is 24.4 Å². The first-order valence-electron chi connectivity index (χ1n) is 14.8. The Kier molecular flexibility index (Phi) is 7.71. The van der Waals surface area contributed by atoms with Crippen molar-refractivity contribution < 1.29 is 14.6 Å². The van der Waals surface area contributed by atoms with Gasteiger partial charge in [-0.15, -0.1) is 0 Å². The molecule has 216 valence electrons. The van der Waals surface area contributed by atoms with Gasteiger partial charge < -0.3 is 29.4 Å². The molecule has 0 bridgehead atoms. The molecule has 2 aromatic rings. The minimum absolute atomic E-state index is 0.140. The summed E-state index contributed by atoms with van der Waals surface area (Å²) >= 11 is 0. The minimum atomic E-state index is -0.230. The highest BCUT2D eigenvalue weighted by atomic mass is 16.5. The summed E-state index contributed by atoms with van der Waals surface area (Å²) in [5.74, 6) is 1.03. The Hall–Kier alpha value is -3.84. The van der Waals surface area contributed by atoms with Crippen LogP contribution in [0.3, 0.4) is 0 Å². The number of aromatic hydroxyl groups is 1. The van der Waals surface area contributed by atoms with E-state index in [4.69, 9.17) is 14.7 Å². The molecule has 1 amide bonds. The van der Waals surface area contributed by atoms with Crippen molar-refractivity contribution in [1.29, 1.82) is 5.26 Å². The summed E-state index contributed by atoms with van der Waals surface area (Å²) in [7, 11) is 2.13. The predicted molar refractivity (Wildman–Crippen MR) is 156 cm³/mol. The number of phenolic OH excluding ortho intramolecular Hbond substituents is 1. The number of amides is 1. The van der Waals surface area contributed by atoms with Crippen molar-refractivity contribution in [3.8, 4) is 17.8 Å². The van der Waals surface area contributed by atoms with Crippen LogP contribution >= 0.6 is 0 Å². The molecule has 0 radical (unpaired) electrons. The van der Waals surface area contributed by atoms with E-state index in [1.165, 1.54) is 18.1 Å². The van der Waals surface area contributed by atoms with Crippen molar-refractivity contribution in [3.63, 3.8) is 0 Å². The van der Waals surface area contributed by atoms with Crippen molar-refractivity contribution in [1.82, 2.24) is 19.8 Å². The van der Waals surface area contributed by atoms with E-state index in [1.807, 2.05) is 12.1 Å². The molecule has 2 saturated heterocycles. The molecule has 41 heavy (non-hydrogen) atoms. The molecule has 4 heterocycles. The lowest BCUT2D eigenvalue weighted by atomic mass is 9.90. The molecule has 4 aliphatic rings. The molecule has 10 nitrogen and oxygen atoms in total. The normalized spacial score (nSPS) is 24.1. The maximum absolute atomic E-state index is 12.5. The van der Waals surface area contributed by atoms with E-state index >= 15 is 0 Å². The Morgan fingerprint density at radius 3 is 2.85 bits per heavy atom. The molecule has 3 atom stereocenters. The number of ether oxygens (including phenoxy) is 1. The maximum Gasteiger partial charge on any atom is 0.318 e. The number of hydrogen-bond acceptors (Lipinski definition) is 9. The predicted octanol–water partition coefficient (Wildman–Crippen LogP) is 2.69. The van der Waals surface area contributed by atoms with Gasteiger partial charge in [0.15, 0.2) is 0 Å². The van der Waals surface area contributed by atoms with Gasteiger partial charge in [-0.2, -0.15) is 15.2 Å². The standard InChI is InChI=1S/C31H39N7O3/c1-3-29(40)38-16-15-36(19-23(38)10-12-32)30-26-9-7-22(37-14-11-21-6-8-25(39)18-28(21)37)17-27(26)33-31(34-30)41-20-24-5-4-13-35(24)2/h3,6,8,18,22-24,39H,1,4-5,7,9-11,13-17,19-20H2,2H3/t22-,23-,24-/m0/s1. The molecule has 0 unspecified atom stereocenters. The molecule has 2 fully saturated rings.